The van der Waals surface area contributed by atoms with E-state index >= 15 is 0 Å². The van der Waals surface area contributed by atoms with E-state index in [0.29, 0.717) is 13.1 Å². The van der Waals surface area contributed by atoms with Gasteiger partial charge in [0.05, 0.1) is 10.2 Å². The van der Waals surface area contributed by atoms with E-state index in [2.05, 4.69) is 31.2 Å². The Morgan fingerprint density at radius 3 is 2.45 bits per heavy atom. The standard InChI is InChI=1S/C22H27ClN6OS.C2HF3O2/c1-27(2)11-8-24-22(30)29-10-3-9-28(12-13-29)21-20-18(25-15-26-21)14-19(31-20)16-4-6-17(23)7-5-16;3-2(4,5)1(6)7/h4-7,14-15H,3,8-13H2,1-2H3,(H,24,30);(H,6,7). The number of carboxylic acid groups (broad SMARTS) is 1. The number of halogens is 4. The molecule has 1 saturated heterocycles. The number of aliphatic carboxylic acids is 1. The average molecular weight is 573 g/mol. The van der Waals surface area contributed by atoms with Gasteiger partial charge >= 0.3 is 18.2 Å². The van der Waals surface area contributed by atoms with Gasteiger partial charge in [0.25, 0.3) is 0 Å². The maximum absolute atomic E-state index is 12.5. The fourth-order valence-electron chi connectivity index (χ4n) is 3.65. The van der Waals surface area contributed by atoms with Crippen LogP contribution in [-0.2, 0) is 4.79 Å². The molecule has 0 atom stereocenters. The number of amides is 2. The largest absolute Gasteiger partial charge is 0.490 e. The lowest BCUT2D eigenvalue weighted by molar-refractivity contribution is -0.192. The first-order chi connectivity index (χ1) is 18.0. The molecule has 1 aliphatic rings. The van der Waals surface area contributed by atoms with Gasteiger partial charge in [-0.15, -0.1) is 11.3 Å². The van der Waals surface area contributed by atoms with Crippen molar-refractivity contribution >= 4 is 51.0 Å². The number of carboxylic acids is 1. The molecule has 0 bridgehead atoms. The number of aromatic nitrogens is 2. The van der Waals surface area contributed by atoms with Crippen LogP contribution in [0.4, 0.5) is 23.8 Å². The Kier molecular flexibility index (Phi) is 10.1. The zero-order valence-corrected chi connectivity index (χ0v) is 22.4. The lowest BCUT2D eigenvalue weighted by Crippen LogP contribution is -2.44. The Hall–Kier alpha value is -3.16. The van der Waals surface area contributed by atoms with Gasteiger partial charge in [-0.05, 0) is 44.3 Å². The molecule has 0 aliphatic carbocycles. The molecule has 2 N–H and O–H groups in total. The number of carbonyl (C=O) groups is 2. The van der Waals surface area contributed by atoms with Gasteiger partial charge in [-0.25, -0.2) is 19.6 Å². The predicted octanol–water partition coefficient (Wildman–Crippen LogP) is 4.43. The van der Waals surface area contributed by atoms with Crippen LogP contribution in [-0.4, -0.2) is 96.4 Å². The van der Waals surface area contributed by atoms with Crippen molar-refractivity contribution in [2.24, 2.45) is 0 Å². The van der Waals surface area contributed by atoms with Gasteiger partial charge in [0.2, 0.25) is 0 Å². The van der Waals surface area contributed by atoms with Crippen molar-refractivity contribution in [2.45, 2.75) is 12.6 Å². The molecule has 3 heterocycles. The van der Waals surface area contributed by atoms with E-state index < -0.39 is 12.1 Å². The molecular weight excluding hydrogens is 545 g/mol. The van der Waals surface area contributed by atoms with Gasteiger partial charge in [-0.1, -0.05) is 23.7 Å². The summed E-state index contributed by atoms with van der Waals surface area (Å²) in [6.45, 7) is 4.52. The molecule has 2 amide bonds. The maximum Gasteiger partial charge on any atom is 0.490 e. The van der Waals surface area contributed by atoms with E-state index in [0.717, 1.165) is 64.1 Å². The van der Waals surface area contributed by atoms with E-state index in [1.54, 1.807) is 17.7 Å². The number of hydrogen-bond acceptors (Lipinski definition) is 7. The quantitative estimate of drug-likeness (QED) is 0.466. The molecule has 2 aromatic heterocycles. The number of urea groups is 1. The summed E-state index contributed by atoms with van der Waals surface area (Å²) in [4.78, 5) is 37.9. The Bertz CT molecular complexity index is 1240. The molecule has 0 saturated carbocycles. The third-order valence-electron chi connectivity index (χ3n) is 5.58. The van der Waals surface area contributed by atoms with Gasteiger partial charge in [-0.2, -0.15) is 13.2 Å². The van der Waals surface area contributed by atoms with Crippen molar-refractivity contribution in [2.75, 3.05) is 58.3 Å². The maximum atomic E-state index is 12.5. The van der Waals surface area contributed by atoms with Crippen molar-refractivity contribution in [1.29, 1.82) is 0 Å². The van der Waals surface area contributed by atoms with E-state index in [4.69, 9.17) is 21.5 Å². The molecule has 0 unspecified atom stereocenters. The first-order valence-electron chi connectivity index (χ1n) is 11.7. The Labute approximate surface area is 226 Å². The smallest absolute Gasteiger partial charge is 0.475 e. The summed E-state index contributed by atoms with van der Waals surface area (Å²) < 4.78 is 32.8. The van der Waals surface area contributed by atoms with Crippen molar-refractivity contribution < 1.29 is 27.9 Å². The monoisotopic (exact) mass is 572 g/mol. The van der Waals surface area contributed by atoms with Crippen molar-refractivity contribution in [3.8, 4) is 10.4 Å². The van der Waals surface area contributed by atoms with Crippen LogP contribution in [0.1, 0.15) is 6.42 Å². The van der Waals surface area contributed by atoms with Crippen LogP contribution in [0.25, 0.3) is 20.7 Å². The predicted molar refractivity (Wildman–Crippen MR) is 142 cm³/mol. The molecule has 14 heteroatoms. The Balaban J connectivity index is 0.000000505. The second-order valence-electron chi connectivity index (χ2n) is 8.69. The number of anilines is 1. The SMILES string of the molecule is CN(C)CCNC(=O)N1CCCN(c2ncnc3cc(-c4ccc(Cl)cc4)sc23)CC1.O=C(O)C(F)(F)F. The number of nitrogens with one attached hydrogen (secondary N) is 1. The minimum atomic E-state index is -5.08. The number of thiophene rings is 1. The first-order valence-corrected chi connectivity index (χ1v) is 12.9. The lowest BCUT2D eigenvalue weighted by Gasteiger charge is -2.23. The Morgan fingerprint density at radius 2 is 1.82 bits per heavy atom. The molecular formula is C24H28ClF3N6O3S. The van der Waals surface area contributed by atoms with Crippen LogP contribution in [0.5, 0.6) is 0 Å². The van der Waals surface area contributed by atoms with Crippen molar-refractivity contribution in [1.82, 2.24) is 25.1 Å². The second-order valence-corrected chi connectivity index (χ2v) is 10.2. The fraction of sp³-hybridized carbons (Fsp3) is 0.417. The third-order valence-corrected chi connectivity index (χ3v) is 7.00. The highest BCUT2D eigenvalue weighted by Crippen LogP contribution is 2.37. The molecule has 0 radical (unpaired) electrons. The van der Waals surface area contributed by atoms with E-state index in [1.807, 2.05) is 43.3 Å². The second kappa shape index (κ2) is 13.1. The number of nitrogens with zero attached hydrogens (tertiary/aromatic N) is 5. The number of hydrogen-bond donors (Lipinski definition) is 2. The molecule has 0 spiro atoms. The van der Waals surface area contributed by atoms with Gasteiger partial charge in [-0.3, -0.25) is 0 Å². The van der Waals surface area contributed by atoms with Gasteiger partial charge in [0.1, 0.15) is 12.1 Å². The summed E-state index contributed by atoms with van der Waals surface area (Å²) in [7, 11) is 4.00. The van der Waals surface area contributed by atoms with Crippen LogP contribution in [0.2, 0.25) is 5.02 Å². The topological polar surface area (TPSA) is 102 Å². The van der Waals surface area contributed by atoms with E-state index in [-0.39, 0.29) is 6.03 Å². The number of carbonyl (C=O) groups excluding carboxylic acids is 1. The highest BCUT2D eigenvalue weighted by Gasteiger charge is 2.38. The van der Waals surface area contributed by atoms with Crippen LogP contribution < -0.4 is 10.2 Å². The lowest BCUT2D eigenvalue weighted by atomic mass is 10.2. The average Bonchev–Trinajstić information content (AvgIpc) is 3.14. The van der Waals surface area contributed by atoms with Crippen molar-refractivity contribution in [3.05, 3.63) is 41.7 Å². The summed E-state index contributed by atoms with van der Waals surface area (Å²) in [5.74, 6) is -1.81. The van der Waals surface area contributed by atoms with E-state index in [1.165, 1.54) is 0 Å². The highest BCUT2D eigenvalue weighted by molar-refractivity contribution is 7.22. The highest BCUT2D eigenvalue weighted by atomic mass is 35.5. The molecule has 3 aromatic rings. The molecule has 4 rings (SSSR count). The molecule has 1 aromatic carbocycles. The third kappa shape index (κ3) is 8.17. The summed E-state index contributed by atoms with van der Waals surface area (Å²) >= 11 is 7.73. The van der Waals surface area contributed by atoms with Gasteiger partial charge in [0, 0.05) is 49.2 Å². The number of benzene rings is 1. The molecule has 9 nitrogen and oxygen atoms in total. The zero-order chi connectivity index (χ0) is 27.9. The first kappa shape index (κ1) is 29.4. The number of alkyl halides is 3. The fourth-order valence-corrected chi connectivity index (χ4v) is 4.91. The molecule has 1 fully saturated rings. The zero-order valence-electron chi connectivity index (χ0n) is 20.8. The summed E-state index contributed by atoms with van der Waals surface area (Å²) in [6, 6.07) is 9.98. The van der Waals surface area contributed by atoms with Crippen LogP contribution >= 0.6 is 22.9 Å². The summed E-state index contributed by atoms with van der Waals surface area (Å²) in [6.07, 6.45) is -2.55. The summed E-state index contributed by atoms with van der Waals surface area (Å²) in [5, 5.41) is 10.9. The molecule has 38 heavy (non-hydrogen) atoms. The van der Waals surface area contributed by atoms with Crippen LogP contribution in [0.15, 0.2) is 36.7 Å². The summed E-state index contributed by atoms with van der Waals surface area (Å²) in [5.41, 5.74) is 2.07. The van der Waals surface area contributed by atoms with Gasteiger partial charge < -0.3 is 25.1 Å². The Morgan fingerprint density at radius 1 is 1.13 bits per heavy atom. The van der Waals surface area contributed by atoms with Gasteiger partial charge in [0.15, 0.2) is 0 Å². The van der Waals surface area contributed by atoms with E-state index in [9.17, 15) is 18.0 Å². The number of likely N-dealkylation sites (N-methyl/N-ethyl adjacent to an activating group) is 1. The van der Waals surface area contributed by atoms with Crippen LogP contribution in [0, 0.1) is 0 Å². The minimum Gasteiger partial charge on any atom is -0.475 e. The molecule has 206 valence electrons. The van der Waals surface area contributed by atoms with Crippen molar-refractivity contribution in [3.63, 3.8) is 0 Å². The molecule has 1 aliphatic heterocycles. The number of rotatable bonds is 5. The van der Waals surface area contributed by atoms with Crippen LogP contribution in [0.3, 0.4) is 0 Å². The number of fused-ring (bicyclic) bond motifs is 1. The minimum absolute atomic E-state index is 0.0117. The normalized spacial score (nSPS) is 14.2.